The van der Waals surface area contributed by atoms with Crippen molar-refractivity contribution >= 4 is 5.95 Å². The lowest BCUT2D eigenvalue weighted by Crippen LogP contribution is -2.36. The molecule has 7 heteroatoms. The Labute approximate surface area is 157 Å². The Hall–Kier alpha value is -3.06. The number of hydrogen-bond acceptors (Lipinski definition) is 6. The second-order valence-corrected chi connectivity index (χ2v) is 6.48. The molecule has 0 spiro atoms. The number of aromatic nitrogens is 4. The van der Waals surface area contributed by atoms with Crippen LogP contribution in [0, 0.1) is 0 Å². The number of nitrogens with zero attached hydrogens (tertiary/aromatic N) is 5. The summed E-state index contributed by atoms with van der Waals surface area (Å²) in [7, 11) is 1.75. The van der Waals surface area contributed by atoms with Crippen molar-refractivity contribution in [3.63, 3.8) is 0 Å². The lowest BCUT2D eigenvalue weighted by molar-refractivity contribution is 0.134. The average molecular weight is 363 g/mol. The standard InChI is InChI=1S/C20H21N5O2/c1-24-19(26)12-17(16-8-9-21-14-22-16)23-20(24)25-10-5-11-27-13-18(25)15-6-3-2-4-7-15/h2-4,6-9,12,14,18H,5,10-11,13H2,1H3/t18-/m1/s1. The van der Waals surface area contributed by atoms with E-state index in [1.807, 2.05) is 18.2 Å². The molecular formula is C20H21N5O2. The van der Waals surface area contributed by atoms with Crippen molar-refractivity contribution in [3.8, 4) is 11.4 Å². The third-order valence-corrected chi connectivity index (χ3v) is 4.74. The predicted octanol–water partition coefficient (Wildman–Crippen LogP) is 2.21. The van der Waals surface area contributed by atoms with E-state index >= 15 is 0 Å². The minimum Gasteiger partial charge on any atom is -0.379 e. The normalized spacial score (nSPS) is 17.5. The van der Waals surface area contributed by atoms with E-state index in [2.05, 4.69) is 27.0 Å². The van der Waals surface area contributed by atoms with Gasteiger partial charge in [-0.3, -0.25) is 9.36 Å². The first-order chi connectivity index (χ1) is 13.2. The van der Waals surface area contributed by atoms with Crippen LogP contribution < -0.4 is 10.5 Å². The van der Waals surface area contributed by atoms with E-state index in [0.717, 1.165) is 18.5 Å². The summed E-state index contributed by atoms with van der Waals surface area (Å²) in [5.74, 6) is 0.621. The molecule has 3 aromatic rings. The molecule has 7 nitrogen and oxygen atoms in total. The predicted molar refractivity (Wildman–Crippen MR) is 102 cm³/mol. The molecule has 4 rings (SSSR count). The van der Waals surface area contributed by atoms with E-state index in [9.17, 15) is 4.79 Å². The third-order valence-electron chi connectivity index (χ3n) is 4.74. The molecule has 0 amide bonds. The van der Waals surface area contributed by atoms with Crippen LogP contribution in [0.1, 0.15) is 18.0 Å². The van der Waals surface area contributed by atoms with Gasteiger partial charge < -0.3 is 9.64 Å². The van der Waals surface area contributed by atoms with Crippen molar-refractivity contribution in [2.24, 2.45) is 7.05 Å². The van der Waals surface area contributed by atoms with Gasteiger partial charge in [0, 0.05) is 32.5 Å². The Bertz CT molecular complexity index is 959. The van der Waals surface area contributed by atoms with Crippen molar-refractivity contribution in [2.75, 3.05) is 24.7 Å². The molecule has 1 aliphatic rings. The largest absolute Gasteiger partial charge is 0.379 e. The van der Waals surface area contributed by atoms with Crippen LogP contribution in [0.15, 0.2) is 59.8 Å². The van der Waals surface area contributed by atoms with Crippen LogP contribution >= 0.6 is 0 Å². The zero-order valence-electron chi connectivity index (χ0n) is 15.2. The van der Waals surface area contributed by atoms with Crippen molar-refractivity contribution in [1.82, 2.24) is 19.5 Å². The SMILES string of the molecule is Cn1c(N2CCCOC[C@@H]2c2ccccc2)nc(-c2ccncn2)cc1=O. The van der Waals surface area contributed by atoms with E-state index in [0.29, 0.717) is 30.5 Å². The molecule has 3 heterocycles. The second-order valence-electron chi connectivity index (χ2n) is 6.48. The Morgan fingerprint density at radius 2 is 2.00 bits per heavy atom. The summed E-state index contributed by atoms with van der Waals surface area (Å²) in [4.78, 5) is 27.8. The van der Waals surface area contributed by atoms with Crippen LogP contribution in [0.2, 0.25) is 0 Å². The minimum atomic E-state index is -0.120. The highest BCUT2D eigenvalue weighted by atomic mass is 16.5. The summed E-state index contributed by atoms with van der Waals surface area (Å²) in [5, 5.41) is 0. The third kappa shape index (κ3) is 3.59. The first kappa shape index (κ1) is 17.4. The van der Waals surface area contributed by atoms with Crippen LogP contribution in [0.5, 0.6) is 0 Å². The molecule has 1 fully saturated rings. The fourth-order valence-corrected chi connectivity index (χ4v) is 3.33. The zero-order valence-corrected chi connectivity index (χ0v) is 15.2. The molecule has 2 aromatic heterocycles. The number of ether oxygens (including phenoxy) is 1. The van der Waals surface area contributed by atoms with E-state index in [1.54, 1.807) is 23.9 Å². The number of anilines is 1. The molecule has 0 aliphatic carbocycles. The minimum absolute atomic E-state index is 0.00699. The monoisotopic (exact) mass is 363 g/mol. The summed E-state index contributed by atoms with van der Waals surface area (Å²) >= 11 is 0. The van der Waals surface area contributed by atoms with Crippen molar-refractivity contribution in [2.45, 2.75) is 12.5 Å². The Kier molecular flexibility index (Phi) is 4.93. The highest BCUT2D eigenvalue weighted by Gasteiger charge is 2.27. The van der Waals surface area contributed by atoms with Gasteiger partial charge in [0.15, 0.2) is 0 Å². The summed E-state index contributed by atoms with van der Waals surface area (Å²) in [6, 6.07) is 13.5. The van der Waals surface area contributed by atoms with E-state index in [4.69, 9.17) is 9.72 Å². The second kappa shape index (κ2) is 7.67. The van der Waals surface area contributed by atoms with Gasteiger partial charge in [0.25, 0.3) is 5.56 Å². The molecule has 0 N–H and O–H groups in total. The lowest BCUT2D eigenvalue weighted by atomic mass is 10.1. The zero-order chi connectivity index (χ0) is 18.6. The molecule has 138 valence electrons. The van der Waals surface area contributed by atoms with Crippen LogP contribution in [0.25, 0.3) is 11.4 Å². The molecule has 0 saturated carbocycles. The molecule has 1 aliphatic heterocycles. The fourth-order valence-electron chi connectivity index (χ4n) is 3.33. The maximum atomic E-state index is 12.6. The smallest absolute Gasteiger partial charge is 0.255 e. The van der Waals surface area contributed by atoms with Gasteiger partial charge in [-0.2, -0.15) is 0 Å². The molecule has 1 atom stereocenters. The highest BCUT2D eigenvalue weighted by molar-refractivity contribution is 5.55. The van der Waals surface area contributed by atoms with Crippen LogP contribution in [0.3, 0.4) is 0 Å². The van der Waals surface area contributed by atoms with Gasteiger partial charge >= 0.3 is 0 Å². The van der Waals surface area contributed by atoms with Crippen molar-refractivity contribution < 1.29 is 4.74 Å². The molecule has 0 bridgehead atoms. The van der Waals surface area contributed by atoms with Gasteiger partial charge in [-0.25, -0.2) is 15.0 Å². The maximum absolute atomic E-state index is 12.6. The first-order valence-electron chi connectivity index (χ1n) is 8.98. The van der Waals surface area contributed by atoms with Crippen molar-refractivity contribution in [3.05, 3.63) is 70.9 Å². The van der Waals surface area contributed by atoms with Crippen LogP contribution in [-0.2, 0) is 11.8 Å². The van der Waals surface area contributed by atoms with Gasteiger partial charge in [-0.05, 0) is 18.1 Å². The lowest BCUT2D eigenvalue weighted by Gasteiger charge is -2.31. The van der Waals surface area contributed by atoms with E-state index < -0.39 is 0 Å². The average Bonchev–Trinajstić information content (AvgIpc) is 2.97. The van der Waals surface area contributed by atoms with Crippen LogP contribution in [0.4, 0.5) is 5.95 Å². The number of hydrogen-bond donors (Lipinski definition) is 0. The van der Waals surface area contributed by atoms with E-state index in [1.165, 1.54) is 12.4 Å². The van der Waals surface area contributed by atoms with Gasteiger partial charge in [0.05, 0.1) is 24.0 Å². The topological polar surface area (TPSA) is 73.1 Å². The Balaban J connectivity index is 1.82. The number of benzene rings is 1. The van der Waals surface area contributed by atoms with Gasteiger partial charge in [-0.1, -0.05) is 30.3 Å². The fraction of sp³-hybridized carbons (Fsp3) is 0.300. The van der Waals surface area contributed by atoms with Gasteiger partial charge in [0.2, 0.25) is 5.95 Å². The highest BCUT2D eigenvalue weighted by Crippen LogP contribution is 2.28. The quantitative estimate of drug-likeness (QED) is 0.710. The molecule has 0 radical (unpaired) electrons. The van der Waals surface area contributed by atoms with Crippen LogP contribution in [-0.4, -0.2) is 39.3 Å². The molecule has 1 saturated heterocycles. The van der Waals surface area contributed by atoms with Gasteiger partial charge in [0.1, 0.15) is 6.33 Å². The van der Waals surface area contributed by atoms with Gasteiger partial charge in [-0.15, -0.1) is 0 Å². The summed E-state index contributed by atoms with van der Waals surface area (Å²) in [6.07, 6.45) is 3.98. The summed E-state index contributed by atoms with van der Waals surface area (Å²) in [5.41, 5.74) is 2.20. The molecule has 1 aromatic carbocycles. The summed E-state index contributed by atoms with van der Waals surface area (Å²) < 4.78 is 7.41. The Morgan fingerprint density at radius 3 is 2.78 bits per heavy atom. The Morgan fingerprint density at radius 1 is 1.15 bits per heavy atom. The van der Waals surface area contributed by atoms with E-state index in [-0.39, 0.29) is 11.6 Å². The number of rotatable bonds is 3. The molecule has 27 heavy (non-hydrogen) atoms. The first-order valence-corrected chi connectivity index (χ1v) is 8.98. The molecular weight excluding hydrogens is 342 g/mol. The molecule has 0 unspecified atom stereocenters. The van der Waals surface area contributed by atoms with Crippen molar-refractivity contribution in [1.29, 1.82) is 0 Å². The summed E-state index contributed by atoms with van der Waals surface area (Å²) in [6.45, 7) is 2.00. The maximum Gasteiger partial charge on any atom is 0.255 e.